The lowest BCUT2D eigenvalue weighted by molar-refractivity contribution is -0.146. The van der Waals surface area contributed by atoms with E-state index in [0.717, 1.165) is 12.8 Å². The Labute approximate surface area is 185 Å². The van der Waals surface area contributed by atoms with Gasteiger partial charge in [-0.1, -0.05) is 24.4 Å². The standard InChI is InChI=1S/C21H27ClN2O5S/c1-28-17-10-14(22)15(11-18(17)29-2)23-19(25)16(8-9-30-3)24-20(26)12-6-4-5-7-13(12)21(24)27/h10-13,16H,4-9H2,1-3H3,(H,23,25)/t12-,13-,16-/m0/s1. The second-order valence-electron chi connectivity index (χ2n) is 7.52. The molecule has 1 aliphatic heterocycles. The van der Waals surface area contributed by atoms with Crippen molar-refractivity contribution in [2.75, 3.05) is 31.5 Å². The van der Waals surface area contributed by atoms with Crippen molar-refractivity contribution < 1.29 is 23.9 Å². The number of thioether (sulfide) groups is 1. The van der Waals surface area contributed by atoms with Crippen LogP contribution < -0.4 is 14.8 Å². The number of benzene rings is 1. The topological polar surface area (TPSA) is 84.9 Å². The van der Waals surface area contributed by atoms with Gasteiger partial charge in [0.05, 0.1) is 36.8 Å². The number of carbonyl (C=O) groups excluding carboxylic acids is 3. The zero-order chi connectivity index (χ0) is 21.8. The first-order chi connectivity index (χ1) is 14.4. The maximum atomic E-state index is 13.2. The molecule has 7 nitrogen and oxygen atoms in total. The van der Waals surface area contributed by atoms with Gasteiger partial charge in [0.1, 0.15) is 6.04 Å². The first-order valence-corrected chi connectivity index (χ1v) is 11.8. The van der Waals surface area contributed by atoms with Crippen molar-refractivity contribution in [3.05, 3.63) is 17.2 Å². The minimum absolute atomic E-state index is 0.218. The van der Waals surface area contributed by atoms with Crippen LogP contribution in [0, 0.1) is 11.8 Å². The van der Waals surface area contributed by atoms with Gasteiger partial charge in [0, 0.05) is 12.1 Å². The number of hydrogen-bond donors (Lipinski definition) is 1. The average Bonchev–Trinajstić information content (AvgIpc) is 3.00. The summed E-state index contributed by atoms with van der Waals surface area (Å²) in [6.07, 6.45) is 5.62. The molecule has 3 atom stereocenters. The lowest BCUT2D eigenvalue weighted by atomic mass is 9.81. The van der Waals surface area contributed by atoms with Crippen LogP contribution in [-0.4, -0.2) is 54.9 Å². The lowest BCUT2D eigenvalue weighted by Crippen LogP contribution is -2.48. The van der Waals surface area contributed by atoms with Crippen LogP contribution in [0.4, 0.5) is 5.69 Å². The fraction of sp³-hybridized carbons (Fsp3) is 0.571. The molecule has 0 aromatic heterocycles. The number of carbonyl (C=O) groups is 3. The Balaban J connectivity index is 1.86. The van der Waals surface area contributed by atoms with Gasteiger partial charge in [0.15, 0.2) is 11.5 Å². The second-order valence-corrected chi connectivity index (χ2v) is 8.91. The number of rotatable bonds is 8. The van der Waals surface area contributed by atoms with Gasteiger partial charge < -0.3 is 14.8 Å². The fourth-order valence-corrected chi connectivity index (χ4v) is 4.93. The van der Waals surface area contributed by atoms with E-state index < -0.39 is 11.9 Å². The van der Waals surface area contributed by atoms with E-state index in [1.165, 1.54) is 19.1 Å². The van der Waals surface area contributed by atoms with Crippen molar-refractivity contribution in [1.29, 1.82) is 0 Å². The number of likely N-dealkylation sites (tertiary alicyclic amines) is 1. The molecule has 0 unspecified atom stereocenters. The molecule has 164 valence electrons. The number of imide groups is 1. The summed E-state index contributed by atoms with van der Waals surface area (Å²) in [6.45, 7) is 0. The molecule has 30 heavy (non-hydrogen) atoms. The quantitative estimate of drug-likeness (QED) is 0.604. The molecular weight excluding hydrogens is 428 g/mol. The van der Waals surface area contributed by atoms with Gasteiger partial charge in [-0.2, -0.15) is 11.8 Å². The molecule has 2 fully saturated rings. The van der Waals surface area contributed by atoms with Crippen molar-refractivity contribution >= 4 is 46.8 Å². The van der Waals surface area contributed by atoms with E-state index in [-0.39, 0.29) is 28.7 Å². The van der Waals surface area contributed by atoms with Gasteiger partial charge in [-0.25, -0.2) is 0 Å². The van der Waals surface area contributed by atoms with E-state index in [9.17, 15) is 14.4 Å². The summed E-state index contributed by atoms with van der Waals surface area (Å²) in [7, 11) is 2.98. The molecule has 3 rings (SSSR count). The zero-order valence-corrected chi connectivity index (χ0v) is 19.0. The Morgan fingerprint density at radius 1 is 1.17 bits per heavy atom. The predicted molar refractivity (Wildman–Crippen MR) is 117 cm³/mol. The summed E-state index contributed by atoms with van der Waals surface area (Å²) in [5.74, 6) is 0.0447. The molecule has 0 bridgehead atoms. The highest BCUT2D eigenvalue weighted by molar-refractivity contribution is 7.98. The number of amides is 3. The third-order valence-electron chi connectivity index (χ3n) is 5.82. The molecule has 9 heteroatoms. The highest BCUT2D eigenvalue weighted by atomic mass is 35.5. The molecule has 2 aliphatic rings. The first kappa shape index (κ1) is 22.7. The van der Waals surface area contributed by atoms with Gasteiger partial charge in [0.2, 0.25) is 17.7 Å². The number of fused-ring (bicyclic) bond motifs is 1. The average molecular weight is 455 g/mol. The minimum Gasteiger partial charge on any atom is -0.493 e. The number of halogens is 1. The Morgan fingerprint density at radius 3 is 2.27 bits per heavy atom. The Morgan fingerprint density at radius 2 is 1.73 bits per heavy atom. The van der Waals surface area contributed by atoms with Crippen LogP contribution in [0.25, 0.3) is 0 Å². The van der Waals surface area contributed by atoms with Crippen LogP contribution >= 0.6 is 23.4 Å². The van der Waals surface area contributed by atoms with Gasteiger partial charge >= 0.3 is 0 Å². The number of hydrogen-bond acceptors (Lipinski definition) is 6. The highest BCUT2D eigenvalue weighted by Gasteiger charge is 2.51. The fourth-order valence-electron chi connectivity index (χ4n) is 4.27. The molecule has 1 saturated heterocycles. The van der Waals surface area contributed by atoms with E-state index in [1.54, 1.807) is 23.9 Å². The molecule has 1 saturated carbocycles. The number of nitrogens with one attached hydrogen (secondary N) is 1. The van der Waals surface area contributed by atoms with E-state index in [2.05, 4.69) is 5.32 Å². The van der Waals surface area contributed by atoms with Crippen molar-refractivity contribution in [2.24, 2.45) is 11.8 Å². The van der Waals surface area contributed by atoms with Crippen LogP contribution in [0.2, 0.25) is 5.02 Å². The Bertz CT molecular complexity index is 810. The molecule has 3 amide bonds. The van der Waals surface area contributed by atoms with Crippen molar-refractivity contribution in [1.82, 2.24) is 4.90 Å². The van der Waals surface area contributed by atoms with Gasteiger partial charge in [-0.3, -0.25) is 19.3 Å². The predicted octanol–water partition coefficient (Wildman–Crippen LogP) is 3.59. The van der Waals surface area contributed by atoms with E-state index in [4.69, 9.17) is 21.1 Å². The molecule has 1 heterocycles. The van der Waals surface area contributed by atoms with Crippen molar-refractivity contribution in [3.8, 4) is 11.5 Å². The summed E-state index contributed by atoms with van der Waals surface area (Å²) in [5.41, 5.74) is 0.338. The molecule has 1 aromatic carbocycles. The monoisotopic (exact) mass is 454 g/mol. The highest BCUT2D eigenvalue weighted by Crippen LogP contribution is 2.40. The van der Waals surface area contributed by atoms with Gasteiger partial charge in [-0.15, -0.1) is 0 Å². The minimum atomic E-state index is -0.868. The molecule has 0 radical (unpaired) electrons. The van der Waals surface area contributed by atoms with Crippen LogP contribution in [0.1, 0.15) is 32.1 Å². The van der Waals surface area contributed by atoms with Crippen LogP contribution in [0.5, 0.6) is 11.5 Å². The first-order valence-electron chi connectivity index (χ1n) is 10.0. The largest absolute Gasteiger partial charge is 0.493 e. The summed E-state index contributed by atoms with van der Waals surface area (Å²) in [6, 6.07) is 2.25. The van der Waals surface area contributed by atoms with Gasteiger partial charge in [0.25, 0.3) is 0 Å². The van der Waals surface area contributed by atoms with E-state index in [1.807, 2.05) is 6.26 Å². The van der Waals surface area contributed by atoms with Crippen LogP contribution in [0.3, 0.4) is 0 Å². The van der Waals surface area contributed by atoms with Crippen molar-refractivity contribution in [2.45, 2.75) is 38.1 Å². The maximum Gasteiger partial charge on any atom is 0.247 e. The normalized spacial score (nSPS) is 21.9. The Hall–Kier alpha value is -1.93. The third-order valence-corrected chi connectivity index (χ3v) is 6.77. The second kappa shape index (κ2) is 9.92. The number of methoxy groups -OCH3 is 2. The SMILES string of the molecule is COc1cc(Cl)c(NC(=O)[C@H](CCSC)N2C(=O)[C@H]3CCCC[C@@H]3C2=O)cc1OC. The zero-order valence-electron chi connectivity index (χ0n) is 17.4. The maximum absolute atomic E-state index is 13.2. The third kappa shape index (κ3) is 4.39. The number of nitrogens with zero attached hydrogens (tertiary/aromatic N) is 1. The molecule has 0 spiro atoms. The van der Waals surface area contributed by atoms with Crippen LogP contribution in [-0.2, 0) is 14.4 Å². The summed E-state index contributed by atoms with van der Waals surface area (Å²) >= 11 is 7.87. The Kier molecular flexibility index (Phi) is 7.52. The summed E-state index contributed by atoms with van der Waals surface area (Å²) < 4.78 is 10.5. The van der Waals surface area contributed by atoms with E-state index >= 15 is 0 Å². The van der Waals surface area contributed by atoms with Crippen molar-refractivity contribution in [3.63, 3.8) is 0 Å². The van der Waals surface area contributed by atoms with E-state index in [0.29, 0.717) is 42.2 Å². The summed E-state index contributed by atoms with van der Waals surface area (Å²) in [4.78, 5) is 40.5. The smallest absolute Gasteiger partial charge is 0.247 e. The molecule has 1 aromatic rings. The lowest BCUT2D eigenvalue weighted by Gasteiger charge is -2.26. The number of anilines is 1. The molecular formula is C21H27ClN2O5S. The van der Waals surface area contributed by atoms with Gasteiger partial charge in [-0.05, 0) is 31.3 Å². The summed E-state index contributed by atoms with van der Waals surface area (Å²) in [5, 5.41) is 3.06. The van der Waals surface area contributed by atoms with Crippen LogP contribution in [0.15, 0.2) is 12.1 Å². The number of ether oxygens (including phenoxy) is 2. The molecule has 1 N–H and O–H groups in total. The molecule has 1 aliphatic carbocycles.